The maximum Gasteiger partial charge on any atom is 0.264 e. The molecule has 1 aliphatic rings. The molecule has 1 fully saturated rings. The number of amides is 1. The van der Waals surface area contributed by atoms with E-state index in [1.54, 1.807) is 30.3 Å². The molecule has 0 aromatic heterocycles. The lowest BCUT2D eigenvalue weighted by molar-refractivity contribution is -0.115. The summed E-state index contributed by atoms with van der Waals surface area (Å²) in [4.78, 5) is 17.2. The van der Waals surface area contributed by atoms with Crippen molar-refractivity contribution >= 4 is 46.2 Å². The summed E-state index contributed by atoms with van der Waals surface area (Å²) >= 11 is 7.36. The Balaban J connectivity index is 1.86. The van der Waals surface area contributed by atoms with Crippen LogP contribution < -0.4 is 10.1 Å². The van der Waals surface area contributed by atoms with E-state index in [4.69, 9.17) is 16.3 Å². The zero-order chi connectivity index (χ0) is 18.7. The van der Waals surface area contributed by atoms with Gasteiger partial charge in [-0.05, 0) is 67.1 Å². The predicted molar refractivity (Wildman–Crippen MR) is 106 cm³/mol. The van der Waals surface area contributed by atoms with Crippen molar-refractivity contribution < 1.29 is 14.6 Å². The molecular formula is C19H17ClN2O3S. The van der Waals surface area contributed by atoms with Gasteiger partial charge in [-0.15, -0.1) is 0 Å². The number of hydrogen-bond acceptors (Lipinski definition) is 5. The number of aliphatic imine (C=N–C) groups is 1. The number of aromatic hydroxyl groups is 1. The molecule has 1 heterocycles. The molecule has 1 aliphatic heterocycles. The zero-order valence-corrected chi connectivity index (χ0v) is 15.8. The first kappa shape index (κ1) is 18.4. The molecule has 26 heavy (non-hydrogen) atoms. The molecule has 0 spiro atoms. The van der Waals surface area contributed by atoms with Crippen LogP contribution in [-0.2, 0) is 4.79 Å². The monoisotopic (exact) mass is 388 g/mol. The minimum Gasteiger partial charge on any atom is -0.504 e. The van der Waals surface area contributed by atoms with Crippen molar-refractivity contribution in [3.05, 3.63) is 57.5 Å². The number of halogens is 1. The van der Waals surface area contributed by atoms with Crippen LogP contribution in [0.5, 0.6) is 11.5 Å². The Labute approximate surface area is 160 Å². The smallest absolute Gasteiger partial charge is 0.264 e. The van der Waals surface area contributed by atoms with E-state index in [1.165, 1.54) is 11.8 Å². The largest absolute Gasteiger partial charge is 0.504 e. The summed E-state index contributed by atoms with van der Waals surface area (Å²) in [6.45, 7) is 4.16. The number of rotatable bonds is 4. The molecule has 1 saturated heterocycles. The molecule has 0 radical (unpaired) electrons. The lowest BCUT2D eigenvalue weighted by Gasteiger charge is -2.06. The first-order valence-corrected chi connectivity index (χ1v) is 9.18. The van der Waals surface area contributed by atoms with Gasteiger partial charge in [-0.3, -0.25) is 4.79 Å². The topological polar surface area (TPSA) is 70.9 Å². The molecule has 3 rings (SSSR count). The molecule has 1 amide bonds. The van der Waals surface area contributed by atoms with Gasteiger partial charge in [-0.1, -0.05) is 23.7 Å². The molecular weight excluding hydrogens is 372 g/mol. The third-order valence-electron chi connectivity index (χ3n) is 3.69. The van der Waals surface area contributed by atoms with Crippen molar-refractivity contribution in [2.45, 2.75) is 13.8 Å². The van der Waals surface area contributed by atoms with E-state index in [9.17, 15) is 9.90 Å². The van der Waals surface area contributed by atoms with Crippen molar-refractivity contribution in [2.75, 3.05) is 6.61 Å². The van der Waals surface area contributed by atoms with Gasteiger partial charge in [0.25, 0.3) is 5.91 Å². The fraction of sp³-hybridized carbons (Fsp3) is 0.158. The Bertz CT molecular complexity index is 925. The summed E-state index contributed by atoms with van der Waals surface area (Å²) in [5.74, 6) is 0.226. The Morgan fingerprint density at radius 2 is 2.15 bits per heavy atom. The second-order valence-electron chi connectivity index (χ2n) is 5.53. The molecule has 0 atom stereocenters. The minimum atomic E-state index is -0.223. The molecule has 5 nitrogen and oxygen atoms in total. The Hall–Kier alpha value is -2.44. The van der Waals surface area contributed by atoms with Crippen molar-refractivity contribution in [1.82, 2.24) is 5.32 Å². The first-order valence-electron chi connectivity index (χ1n) is 7.98. The minimum absolute atomic E-state index is 0.0659. The van der Waals surface area contributed by atoms with Gasteiger partial charge in [0, 0.05) is 5.02 Å². The third-order valence-corrected chi connectivity index (χ3v) is 5.01. The van der Waals surface area contributed by atoms with Crippen molar-refractivity contribution in [1.29, 1.82) is 0 Å². The van der Waals surface area contributed by atoms with E-state index in [1.807, 2.05) is 26.0 Å². The molecule has 0 unspecified atom stereocenters. The van der Waals surface area contributed by atoms with E-state index < -0.39 is 0 Å². The van der Waals surface area contributed by atoms with Crippen LogP contribution in [0.1, 0.15) is 18.1 Å². The van der Waals surface area contributed by atoms with Gasteiger partial charge in [0.2, 0.25) is 0 Å². The second kappa shape index (κ2) is 7.85. The van der Waals surface area contributed by atoms with Gasteiger partial charge in [0.1, 0.15) is 0 Å². The number of phenols is 1. The molecule has 0 saturated carbocycles. The fourth-order valence-electron chi connectivity index (χ4n) is 2.35. The molecule has 7 heteroatoms. The third kappa shape index (κ3) is 4.03. The maximum atomic E-state index is 12.2. The van der Waals surface area contributed by atoms with Crippen molar-refractivity contribution in [2.24, 2.45) is 4.99 Å². The Morgan fingerprint density at radius 1 is 1.35 bits per heavy atom. The highest BCUT2D eigenvalue weighted by atomic mass is 35.5. The van der Waals surface area contributed by atoms with Crippen LogP contribution in [0.25, 0.3) is 6.08 Å². The first-order chi connectivity index (χ1) is 12.5. The highest BCUT2D eigenvalue weighted by Crippen LogP contribution is 2.33. The van der Waals surface area contributed by atoms with E-state index in [0.29, 0.717) is 33.1 Å². The highest BCUT2D eigenvalue weighted by Gasteiger charge is 2.24. The molecule has 2 aromatic carbocycles. The number of nitrogens with one attached hydrogen (secondary N) is 1. The molecule has 0 aliphatic carbocycles. The number of amidine groups is 1. The summed E-state index contributed by atoms with van der Waals surface area (Å²) in [7, 11) is 0. The fourth-order valence-corrected chi connectivity index (χ4v) is 3.35. The standard InChI is InChI=1S/C19H17ClN2O3S/c1-3-25-16-9-12(7-8-15(16)23)10-17-18(24)22-19(26-17)21-14-6-4-5-13(20)11(14)2/h4-10,23H,3H2,1-2H3,(H,21,22,24). The summed E-state index contributed by atoms with van der Waals surface area (Å²) in [5, 5.41) is 13.7. The number of phenolic OH excluding ortho intramolecular Hbond substituents is 1. The Kier molecular flexibility index (Phi) is 5.54. The van der Waals surface area contributed by atoms with Gasteiger partial charge in [-0.25, -0.2) is 4.99 Å². The number of carbonyl (C=O) groups excluding carboxylic acids is 1. The van der Waals surface area contributed by atoms with Gasteiger partial charge in [0.15, 0.2) is 16.7 Å². The molecule has 2 aromatic rings. The second-order valence-corrected chi connectivity index (χ2v) is 6.96. The number of benzene rings is 2. The van der Waals surface area contributed by atoms with E-state index in [0.717, 1.165) is 11.1 Å². The van der Waals surface area contributed by atoms with Gasteiger partial charge in [-0.2, -0.15) is 0 Å². The van der Waals surface area contributed by atoms with E-state index >= 15 is 0 Å². The normalized spacial score (nSPS) is 17.0. The summed E-state index contributed by atoms with van der Waals surface area (Å²) in [5.41, 5.74) is 2.32. The van der Waals surface area contributed by atoms with Crippen LogP contribution >= 0.6 is 23.4 Å². The number of thioether (sulfide) groups is 1. The molecule has 134 valence electrons. The van der Waals surface area contributed by atoms with Gasteiger partial charge >= 0.3 is 0 Å². The quantitative estimate of drug-likeness (QED) is 0.748. The number of carbonyl (C=O) groups is 1. The van der Waals surface area contributed by atoms with Crippen LogP contribution in [0.4, 0.5) is 5.69 Å². The lowest BCUT2D eigenvalue weighted by atomic mass is 10.2. The SMILES string of the molecule is CCOc1cc(C=C2SC(=Nc3cccc(Cl)c3C)NC2=O)ccc1O. The lowest BCUT2D eigenvalue weighted by Crippen LogP contribution is -2.19. The van der Waals surface area contributed by atoms with Crippen LogP contribution in [0.3, 0.4) is 0 Å². The summed E-state index contributed by atoms with van der Waals surface area (Å²) in [6, 6.07) is 10.4. The average Bonchev–Trinajstić information content (AvgIpc) is 2.94. The van der Waals surface area contributed by atoms with Crippen molar-refractivity contribution in [3.63, 3.8) is 0 Å². The number of hydrogen-bond donors (Lipinski definition) is 2. The van der Waals surface area contributed by atoms with Gasteiger partial charge in [0.05, 0.1) is 17.2 Å². The summed E-state index contributed by atoms with van der Waals surface area (Å²) < 4.78 is 5.37. The van der Waals surface area contributed by atoms with Crippen LogP contribution in [0.15, 0.2) is 46.3 Å². The van der Waals surface area contributed by atoms with Crippen molar-refractivity contribution in [3.8, 4) is 11.5 Å². The van der Waals surface area contributed by atoms with E-state index in [2.05, 4.69) is 10.3 Å². The molecule has 0 bridgehead atoms. The zero-order valence-electron chi connectivity index (χ0n) is 14.2. The van der Waals surface area contributed by atoms with E-state index in [-0.39, 0.29) is 11.7 Å². The van der Waals surface area contributed by atoms with Crippen LogP contribution in [0, 0.1) is 6.92 Å². The maximum absolute atomic E-state index is 12.2. The highest BCUT2D eigenvalue weighted by molar-refractivity contribution is 8.18. The molecule has 2 N–H and O–H groups in total. The Morgan fingerprint density at radius 3 is 2.92 bits per heavy atom. The average molecular weight is 389 g/mol. The number of ether oxygens (including phenoxy) is 1. The summed E-state index contributed by atoms with van der Waals surface area (Å²) in [6.07, 6.45) is 1.73. The van der Waals surface area contributed by atoms with Gasteiger partial charge < -0.3 is 15.2 Å². The number of nitrogens with zero attached hydrogens (tertiary/aromatic N) is 1. The van der Waals surface area contributed by atoms with Crippen LogP contribution in [-0.4, -0.2) is 22.8 Å². The predicted octanol–water partition coefficient (Wildman–Crippen LogP) is 4.64. The van der Waals surface area contributed by atoms with Crippen LogP contribution in [0.2, 0.25) is 5.02 Å².